The number of aliphatic hydroxyl groups is 2. The highest BCUT2D eigenvalue weighted by Crippen LogP contribution is 2.48. The highest BCUT2D eigenvalue weighted by molar-refractivity contribution is 5.16. The largest absolute Gasteiger partial charge is 0.428 e. The van der Waals surface area contributed by atoms with Crippen LogP contribution in [0.15, 0.2) is 12.2 Å². The van der Waals surface area contributed by atoms with E-state index in [2.05, 4.69) is 9.47 Å². The maximum atomic E-state index is 12.7. The van der Waals surface area contributed by atoms with Crippen molar-refractivity contribution in [2.75, 3.05) is 13.2 Å². The van der Waals surface area contributed by atoms with Gasteiger partial charge in [-0.25, -0.2) is 0 Å². The summed E-state index contributed by atoms with van der Waals surface area (Å²) in [6.07, 6.45) is -26.3. The number of ether oxygens (including phenoxy) is 2. The Morgan fingerprint density at radius 3 is 1.06 bits per heavy atom. The van der Waals surface area contributed by atoms with Gasteiger partial charge >= 0.3 is 24.7 Å². The molecule has 0 spiro atoms. The van der Waals surface area contributed by atoms with Gasteiger partial charge in [0, 0.05) is 11.8 Å². The molecule has 0 saturated heterocycles. The molecule has 4 unspecified atom stereocenters. The van der Waals surface area contributed by atoms with E-state index in [0.29, 0.717) is 0 Å². The second kappa shape index (κ2) is 7.66. The molecule has 0 aromatic rings. The monoisotopic (exact) mass is 486 g/mol. The van der Waals surface area contributed by atoms with Crippen molar-refractivity contribution in [2.45, 2.75) is 54.5 Å². The first-order chi connectivity index (χ1) is 13.7. The molecule has 0 aromatic carbocycles. The first kappa shape index (κ1) is 26.0. The minimum atomic E-state index is -6.25. The fourth-order valence-corrected chi connectivity index (χ4v) is 3.25. The molecule has 16 heteroatoms. The van der Waals surface area contributed by atoms with Crippen LogP contribution < -0.4 is 0 Å². The lowest BCUT2D eigenvalue weighted by Crippen LogP contribution is -2.61. The van der Waals surface area contributed by atoms with Crippen molar-refractivity contribution in [3.8, 4) is 0 Å². The zero-order chi connectivity index (χ0) is 24.3. The lowest BCUT2D eigenvalue weighted by molar-refractivity contribution is -0.386. The number of alkyl halides is 12. The Morgan fingerprint density at radius 2 is 0.839 bits per heavy atom. The molecular formula is C15H14F12O4. The second-order valence-electron chi connectivity index (χ2n) is 7.21. The van der Waals surface area contributed by atoms with Crippen molar-refractivity contribution < 1.29 is 72.4 Å². The normalized spacial score (nSPS) is 27.9. The molecule has 31 heavy (non-hydrogen) atoms. The van der Waals surface area contributed by atoms with E-state index < -0.39 is 73.2 Å². The zero-order valence-corrected chi connectivity index (χ0v) is 14.8. The standard InChI is InChI=1S/C15H14F12O4/c16-12(17,18)10(28,13(19,20)21)4-30-8-6-1-2-7(3-6)9(8)31-5-11(29,14(22,23)24)15(25,26)27/h1-2,6-9,28-29H,3-5H2. The van der Waals surface area contributed by atoms with E-state index in [1.165, 1.54) is 12.2 Å². The molecule has 1 saturated carbocycles. The highest BCUT2D eigenvalue weighted by atomic mass is 19.4. The Kier molecular flexibility index (Phi) is 6.42. The fourth-order valence-electron chi connectivity index (χ4n) is 3.25. The summed E-state index contributed by atoms with van der Waals surface area (Å²) >= 11 is 0. The summed E-state index contributed by atoms with van der Waals surface area (Å²) in [5.41, 5.74) is -10.7. The van der Waals surface area contributed by atoms with Crippen LogP contribution in [0.2, 0.25) is 0 Å². The maximum absolute atomic E-state index is 12.7. The summed E-state index contributed by atoms with van der Waals surface area (Å²) in [5, 5.41) is 18.2. The minimum absolute atomic E-state index is 0.109. The predicted molar refractivity (Wildman–Crippen MR) is 74.3 cm³/mol. The van der Waals surface area contributed by atoms with Crippen molar-refractivity contribution in [3.05, 3.63) is 12.2 Å². The molecule has 4 nitrogen and oxygen atoms in total. The van der Waals surface area contributed by atoms with Crippen molar-refractivity contribution in [1.29, 1.82) is 0 Å². The van der Waals surface area contributed by atoms with Gasteiger partial charge in [0.05, 0.1) is 25.4 Å². The molecule has 0 heterocycles. The minimum Gasteiger partial charge on any atom is -0.372 e. The quantitative estimate of drug-likeness (QED) is 0.445. The predicted octanol–water partition coefficient (Wildman–Crippen LogP) is 3.67. The van der Waals surface area contributed by atoms with Crippen LogP contribution in [0, 0.1) is 11.8 Å². The molecule has 0 aliphatic heterocycles. The van der Waals surface area contributed by atoms with Crippen LogP contribution in [0.1, 0.15) is 6.42 Å². The topological polar surface area (TPSA) is 58.9 Å². The van der Waals surface area contributed by atoms with Crippen LogP contribution >= 0.6 is 0 Å². The third-order valence-corrected chi connectivity index (χ3v) is 5.16. The molecule has 4 atom stereocenters. The Hall–Kier alpha value is -1.26. The number of hydrogen-bond acceptors (Lipinski definition) is 4. The summed E-state index contributed by atoms with van der Waals surface area (Å²) in [6, 6.07) is 0. The average Bonchev–Trinajstić information content (AvgIpc) is 3.14. The lowest BCUT2D eigenvalue weighted by atomic mass is 9.99. The number of halogens is 12. The number of hydrogen-bond donors (Lipinski definition) is 2. The molecule has 2 rings (SSSR count). The Bertz CT molecular complexity index is 593. The van der Waals surface area contributed by atoms with Gasteiger partial charge in [0.15, 0.2) is 0 Å². The van der Waals surface area contributed by atoms with Gasteiger partial charge in [0.2, 0.25) is 0 Å². The molecule has 0 amide bonds. The van der Waals surface area contributed by atoms with Gasteiger partial charge in [-0.1, -0.05) is 12.2 Å². The van der Waals surface area contributed by atoms with Crippen LogP contribution in [-0.2, 0) is 9.47 Å². The van der Waals surface area contributed by atoms with Gasteiger partial charge in [-0.2, -0.15) is 52.7 Å². The maximum Gasteiger partial charge on any atom is 0.428 e. The van der Waals surface area contributed by atoms with E-state index in [1.54, 1.807) is 0 Å². The van der Waals surface area contributed by atoms with E-state index in [-0.39, 0.29) is 6.42 Å². The van der Waals surface area contributed by atoms with Gasteiger partial charge in [-0.3, -0.25) is 0 Å². The Labute approximate surface area is 165 Å². The second-order valence-corrected chi connectivity index (χ2v) is 7.21. The van der Waals surface area contributed by atoms with Crippen LogP contribution in [0.5, 0.6) is 0 Å². The summed E-state index contributed by atoms with van der Waals surface area (Å²) in [7, 11) is 0. The summed E-state index contributed by atoms with van der Waals surface area (Å²) < 4.78 is 162. The zero-order valence-electron chi connectivity index (χ0n) is 14.8. The molecule has 1 fully saturated rings. The van der Waals surface area contributed by atoms with Crippen LogP contribution in [0.3, 0.4) is 0 Å². The fraction of sp³-hybridized carbons (Fsp3) is 0.867. The molecule has 0 radical (unpaired) electrons. The first-order valence-corrected chi connectivity index (χ1v) is 8.29. The van der Waals surface area contributed by atoms with Crippen LogP contribution in [0.25, 0.3) is 0 Å². The van der Waals surface area contributed by atoms with E-state index in [4.69, 9.17) is 10.2 Å². The third-order valence-electron chi connectivity index (χ3n) is 5.16. The van der Waals surface area contributed by atoms with Gasteiger partial charge in [0.1, 0.15) is 0 Å². The molecular weight excluding hydrogens is 472 g/mol. The number of fused-ring (bicyclic) bond motifs is 2. The summed E-state index contributed by atoms with van der Waals surface area (Å²) in [4.78, 5) is 0. The highest BCUT2D eigenvalue weighted by Gasteiger charge is 2.72. The molecule has 182 valence electrons. The molecule has 2 aliphatic carbocycles. The van der Waals surface area contributed by atoms with Crippen molar-refractivity contribution in [3.63, 3.8) is 0 Å². The van der Waals surface area contributed by atoms with Crippen LogP contribution in [0.4, 0.5) is 52.7 Å². The van der Waals surface area contributed by atoms with Crippen LogP contribution in [-0.4, -0.2) is 71.5 Å². The SMILES string of the molecule is OC(COC1C2C=CC(C2)C1OCC(O)(C(F)(F)F)C(F)(F)F)(C(F)(F)F)C(F)(F)F. The summed E-state index contributed by atoms with van der Waals surface area (Å²) in [6.45, 7) is -4.85. The van der Waals surface area contributed by atoms with E-state index in [9.17, 15) is 52.7 Å². The third kappa shape index (κ3) is 4.48. The van der Waals surface area contributed by atoms with Crippen molar-refractivity contribution in [1.82, 2.24) is 0 Å². The first-order valence-electron chi connectivity index (χ1n) is 8.29. The van der Waals surface area contributed by atoms with E-state index in [0.717, 1.165) is 0 Å². The van der Waals surface area contributed by atoms with E-state index in [1.807, 2.05) is 0 Å². The Morgan fingerprint density at radius 1 is 0.581 bits per heavy atom. The smallest absolute Gasteiger partial charge is 0.372 e. The molecule has 2 bridgehead atoms. The van der Waals surface area contributed by atoms with E-state index >= 15 is 0 Å². The number of rotatable bonds is 6. The van der Waals surface area contributed by atoms with Crippen molar-refractivity contribution >= 4 is 0 Å². The molecule has 0 aromatic heterocycles. The van der Waals surface area contributed by atoms with Gasteiger partial charge in [0.25, 0.3) is 11.2 Å². The molecule has 2 aliphatic rings. The van der Waals surface area contributed by atoms with Gasteiger partial charge in [-0.15, -0.1) is 0 Å². The van der Waals surface area contributed by atoms with Gasteiger partial charge < -0.3 is 19.7 Å². The van der Waals surface area contributed by atoms with Gasteiger partial charge in [-0.05, 0) is 6.42 Å². The van der Waals surface area contributed by atoms with Crippen molar-refractivity contribution in [2.24, 2.45) is 11.8 Å². The summed E-state index contributed by atoms with van der Waals surface area (Å²) in [5.74, 6) is -1.99. The average molecular weight is 486 g/mol. The Balaban J connectivity index is 2.21. The lowest BCUT2D eigenvalue weighted by Gasteiger charge is -2.37. The molecule has 2 N–H and O–H groups in total.